The maximum Gasteiger partial charge on any atom is 0.203 e. The van der Waals surface area contributed by atoms with Crippen LogP contribution in [0, 0.1) is 9.39 Å². The van der Waals surface area contributed by atoms with Gasteiger partial charge >= 0.3 is 0 Å². The lowest BCUT2D eigenvalue weighted by Crippen LogP contribution is -2.16. The van der Waals surface area contributed by atoms with Gasteiger partial charge in [-0.2, -0.15) is 0 Å². The van der Waals surface area contributed by atoms with Crippen molar-refractivity contribution in [1.29, 1.82) is 0 Å². The predicted molar refractivity (Wildman–Crippen MR) is 74.1 cm³/mol. The Kier molecular flexibility index (Phi) is 2.66. The van der Waals surface area contributed by atoms with Gasteiger partial charge in [-0.25, -0.2) is 4.39 Å². The molecule has 0 aliphatic carbocycles. The van der Waals surface area contributed by atoms with Crippen molar-refractivity contribution in [3.05, 3.63) is 43.0 Å². The number of hydrogen-bond donors (Lipinski definition) is 0. The Hall–Kier alpha value is -0.620. The zero-order valence-electron chi connectivity index (χ0n) is 8.77. The fourth-order valence-electron chi connectivity index (χ4n) is 2.45. The van der Waals surface area contributed by atoms with Crippen molar-refractivity contribution in [2.75, 3.05) is 0 Å². The molecule has 0 bridgehead atoms. The minimum Gasteiger partial charge on any atom is -0.342 e. The summed E-state index contributed by atoms with van der Waals surface area (Å²) in [5, 5.41) is 0.468. The lowest BCUT2D eigenvalue weighted by molar-refractivity contribution is 0.628. The zero-order valence-corrected chi connectivity index (χ0v) is 11.7. The fourth-order valence-corrected chi connectivity index (χ4v) is 3.73. The van der Waals surface area contributed by atoms with Crippen LogP contribution in [0.4, 0.5) is 4.39 Å². The van der Waals surface area contributed by atoms with Gasteiger partial charge in [0.15, 0.2) is 0 Å². The lowest BCUT2D eigenvalue weighted by atomic mass is 10.1. The minimum atomic E-state index is -0.340. The maximum absolute atomic E-state index is 13.4. The van der Waals surface area contributed by atoms with Crippen LogP contribution in [-0.2, 0) is 18.8 Å². The average molecular weight is 364 g/mol. The van der Waals surface area contributed by atoms with Crippen LogP contribution in [0.15, 0.2) is 16.9 Å². The molecule has 2 nitrogen and oxygen atoms in total. The van der Waals surface area contributed by atoms with Gasteiger partial charge in [0.05, 0.1) is 20.7 Å². The second kappa shape index (κ2) is 3.95. The number of aryl methyl sites for hydroxylation is 2. The molecule has 17 heavy (non-hydrogen) atoms. The normalized spacial score (nSPS) is 13.6. The second-order valence-corrected chi connectivity index (χ2v) is 5.43. The molecule has 2 aromatic rings. The number of alkyl halides is 1. The largest absolute Gasteiger partial charge is 0.342 e. The van der Waals surface area contributed by atoms with E-state index in [0.29, 0.717) is 14.8 Å². The summed E-state index contributed by atoms with van der Waals surface area (Å²) in [5.74, 6) is -0.0345. The summed E-state index contributed by atoms with van der Waals surface area (Å²) >= 11 is 7.90. The molecule has 0 saturated carbocycles. The number of rotatable bonds is 1. The first kappa shape index (κ1) is 11.5. The van der Waals surface area contributed by atoms with Gasteiger partial charge < -0.3 is 4.57 Å². The molecule has 0 fully saturated rings. The van der Waals surface area contributed by atoms with Crippen LogP contribution >= 0.6 is 34.2 Å². The molecular formula is C12H8ClFINO. The van der Waals surface area contributed by atoms with Gasteiger partial charge in [-0.15, -0.1) is 11.6 Å². The van der Waals surface area contributed by atoms with Gasteiger partial charge in [-0.3, -0.25) is 4.79 Å². The van der Waals surface area contributed by atoms with E-state index in [0.717, 1.165) is 29.7 Å². The van der Waals surface area contributed by atoms with Crippen LogP contribution in [0.2, 0.25) is 0 Å². The average Bonchev–Trinajstić information content (AvgIpc) is 2.70. The summed E-state index contributed by atoms with van der Waals surface area (Å²) in [6, 6.07) is 2.83. The van der Waals surface area contributed by atoms with E-state index in [-0.39, 0.29) is 11.2 Å². The molecule has 3 rings (SSSR count). The van der Waals surface area contributed by atoms with Crippen LogP contribution in [0.3, 0.4) is 0 Å². The first-order chi connectivity index (χ1) is 8.13. The number of benzene rings is 1. The van der Waals surface area contributed by atoms with Gasteiger partial charge in [0.25, 0.3) is 0 Å². The molecule has 88 valence electrons. The summed E-state index contributed by atoms with van der Waals surface area (Å²) in [7, 11) is 0. The molecular weight excluding hydrogens is 355 g/mol. The van der Waals surface area contributed by atoms with Crippen molar-refractivity contribution in [3.8, 4) is 0 Å². The number of hydrogen-bond acceptors (Lipinski definition) is 1. The van der Waals surface area contributed by atoms with Crippen LogP contribution < -0.4 is 5.43 Å². The van der Waals surface area contributed by atoms with Gasteiger partial charge in [0.1, 0.15) is 5.82 Å². The molecule has 0 N–H and O–H groups in total. The molecule has 1 aromatic carbocycles. The number of aromatic nitrogens is 1. The highest BCUT2D eigenvalue weighted by atomic mass is 127. The molecule has 0 spiro atoms. The Labute approximate surface area is 116 Å². The molecule has 0 saturated heterocycles. The van der Waals surface area contributed by atoms with E-state index in [9.17, 15) is 9.18 Å². The van der Waals surface area contributed by atoms with Crippen LogP contribution in [0.5, 0.6) is 0 Å². The van der Waals surface area contributed by atoms with E-state index in [1.165, 1.54) is 12.1 Å². The van der Waals surface area contributed by atoms with Crippen molar-refractivity contribution in [3.63, 3.8) is 0 Å². The quantitative estimate of drug-likeness (QED) is 0.564. The minimum absolute atomic E-state index is 0.116. The molecule has 2 heterocycles. The zero-order chi connectivity index (χ0) is 12.2. The van der Waals surface area contributed by atoms with Crippen LogP contribution in [0.1, 0.15) is 11.3 Å². The highest BCUT2D eigenvalue weighted by Gasteiger charge is 2.21. The van der Waals surface area contributed by atoms with Gasteiger partial charge in [0.2, 0.25) is 5.43 Å². The Balaban J connectivity index is 2.59. The molecule has 1 aromatic heterocycles. The second-order valence-electron chi connectivity index (χ2n) is 4.09. The van der Waals surface area contributed by atoms with E-state index in [1.807, 2.05) is 27.2 Å². The van der Waals surface area contributed by atoms with E-state index in [2.05, 4.69) is 0 Å². The predicted octanol–water partition coefficient (Wildman–Crippen LogP) is 3.04. The number of halogens is 3. The van der Waals surface area contributed by atoms with Gasteiger partial charge in [0, 0.05) is 11.9 Å². The Morgan fingerprint density at radius 2 is 2.24 bits per heavy atom. The summed E-state index contributed by atoms with van der Waals surface area (Å²) in [4.78, 5) is 12.1. The molecule has 0 atom stereocenters. The van der Waals surface area contributed by atoms with E-state index in [1.54, 1.807) is 0 Å². The number of pyridine rings is 1. The molecule has 5 heteroatoms. The Morgan fingerprint density at radius 1 is 1.47 bits per heavy atom. The molecule has 0 unspecified atom stereocenters. The summed E-state index contributed by atoms with van der Waals surface area (Å²) in [6.45, 7) is 0.771. The molecule has 0 amide bonds. The molecule has 0 radical (unpaired) electrons. The van der Waals surface area contributed by atoms with Crippen molar-refractivity contribution >= 4 is 45.1 Å². The van der Waals surface area contributed by atoms with Gasteiger partial charge in [-0.1, -0.05) is 0 Å². The van der Waals surface area contributed by atoms with Crippen molar-refractivity contribution in [1.82, 2.24) is 4.57 Å². The third-order valence-corrected chi connectivity index (χ3v) is 4.54. The summed E-state index contributed by atoms with van der Waals surface area (Å²) in [6.07, 6.45) is 0.762. The van der Waals surface area contributed by atoms with E-state index < -0.39 is 0 Å². The van der Waals surface area contributed by atoms with Crippen molar-refractivity contribution < 1.29 is 4.39 Å². The fraction of sp³-hybridized carbons (Fsp3) is 0.250. The van der Waals surface area contributed by atoms with Gasteiger partial charge in [-0.05, 0) is 46.7 Å². The molecule has 1 aliphatic rings. The van der Waals surface area contributed by atoms with Crippen molar-refractivity contribution in [2.24, 2.45) is 0 Å². The lowest BCUT2D eigenvalue weighted by Gasteiger charge is -2.12. The van der Waals surface area contributed by atoms with Crippen molar-refractivity contribution in [2.45, 2.75) is 18.8 Å². The standard InChI is InChI=1S/C12H8ClFINO/c13-5-9-10(15)12(17)8-4-7(14)3-6-1-2-16(9)11(6)8/h3-4H,1-2,5H2. The highest BCUT2D eigenvalue weighted by Crippen LogP contribution is 2.28. The Bertz CT molecular complexity index is 695. The maximum atomic E-state index is 13.4. The van der Waals surface area contributed by atoms with E-state index >= 15 is 0 Å². The third-order valence-electron chi connectivity index (χ3n) is 3.18. The first-order valence-corrected chi connectivity index (χ1v) is 6.84. The third kappa shape index (κ3) is 1.53. The topological polar surface area (TPSA) is 22.0 Å². The summed E-state index contributed by atoms with van der Waals surface area (Å²) < 4.78 is 16.1. The van der Waals surface area contributed by atoms with Crippen LogP contribution in [-0.4, -0.2) is 4.57 Å². The molecule has 1 aliphatic heterocycles. The SMILES string of the molecule is O=c1c(I)c(CCl)n2c3c(cc(F)cc13)CC2. The first-order valence-electron chi connectivity index (χ1n) is 5.22. The Morgan fingerprint density at radius 3 is 2.94 bits per heavy atom. The monoisotopic (exact) mass is 363 g/mol. The smallest absolute Gasteiger partial charge is 0.203 e. The summed E-state index contributed by atoms with van der Waals surface area (Å²) in [5.41, 5.74) is 2.48. The number of nitrogens with zero attached hydrogens (tertiary/aromatic N) is 1. The van der Waals surface area contributed by atoms with E-state index in [4.69, 9.17) is 11.6 Å². The highest BCUT2D eigenvalue weighted by molar-refractivity contribution is 14.1. The van der Waals surface area contributed by atoms with Crippen LogP contribution in [0.25, 0.3) is 10.9 Å².